The molecule has 0 amide bonds. The molecule has 1 heterocycles. The Hall–Kier alpha value is -3.67. The predicted molar refractivity (Wildman–Crippen MR) is 94.7 cm³/mol. The minimum Gasteiger partial charge on any atom is -0.507 e. The number of pyridine rings is 1. The van der Waals surface area contributed by atoms with Crippen molar-refractivity contribution in [2.45, 2.75) is 0 Å². The van der Waals surface area contributed by atoms with Crippen molar-refractivity contribution in [3.63, 3.8) is 0 Å². The fraction of sp³-hybridized carbons (Fsp3) is 0. The van der Waals surface area contributed by atoms with Crippen LogP contribution < -0.4 is 0 Å². The van der Waals surface area contributed by atoms with Gasteiger partial charge in [-0.1, -0.05) is 24.3 Å². The maximum Gasteiger partial charge on any atom is 0.270 e. The second-order valence-electron chi connectivity index (χ2n) is 5.64. The Bertz CT molecular complexity index is 1090. The Morgan fingerprint density at radius 1 is 0.840 bits per heavy atom. The van der Waals surface area contributed by atoms with Crippen LogP contribution in [-0.4, -0.2) is 20.1 Å². The second-order valence-corrected chi connectivity index (χ2v) is 5.64. The molecule has 0 radical (unpaired) electrons. The molecule has 25 heavy (non-hydrogen) atoms. The summed E-state index contributed by atoms with van der Waals surface area (Å²) in [5, 5.41) is 32.8. The van der Waals surface area contributed by atoms with E-state index < -0.39 is 4.92 Å². The lowest BCUT2D eigenvalue weighted by molar-refractivity contribution is -0.384. The van der Waals surface area contributed by atoms with Crippen LogP contribution in [-0.2, 0) is 0 Å². The summed E-state index contributed by atoms with van der Waals surface area (Å²) >= 11 is 0. The number of rotatable bonds is 2. The Kier molecular flexibility index (Phi) is 3.25. The number of aromatic hydroxyl groups is 2. The number of phenols is 2. The van der Waals surface area contributed by atoms with Gasteiger partial charge in [-0.2, -0.15) is 0 Å². The van der Waals surface area contributed by atoms with Gasteiger partial charge in [0.25, 0.3) is 5.69 Å². The largest absolute Gasteiger partial charge is 0.507 e. The van der Waals surface area contributed by atoms with Gasteiger partial charge in [-0.05, 0) is 29.8 Å². The van der Waals surface area contributed by atoms with E-state index in [0.29, 0.717) is 32.9 Å². The van der Waals surface area contributed by atoms with Gasteiger partial charge >= 0.3 is 0 Å². The summed E-state index contributed by atoms with van der Waals surface area (Å²) in [6.07, 6.45) is 0. The van der Waals surface area contributed by atoms with Gasteiger partial charge in [0.2, 0.25) is 0 Å². The summed E-state index contributed by atoms with van der Waals surface area (Å²) in [7, 11) is 0. The normalized spacial score (nSPS) is 11.0. The van der Waals surface area contributed by atoms with Gasteiger partial charge in [0, 0.05) is 17.7 Å². The third-order valence-electron chi connectivity index (χ3n) is 4.13. The first-order valence-corrected chi connectivity index (χ1v) is 7.54. The SMILES string of the molecule is O=[N+]([O-])c1cccc(-c2c3c(O)cccc3nc3cccc(O)c23)c1. The van der Waals surface area contributed by atoms with Crippen molar-refractivity contribution in [2.75, 3.05) is 0 Å². The van der Waals surface area contributed by atoms with Crippen molar-refractivity contribution in [1.29, 1.82) is 0 Å². The first-order chi connectivity index (χ1) is 12.1. The van der Waals surface area contributed by atoms with Crippen LogP contribution in [0.3, 0.4) is 0 Å². The standard InChI is InChI=1S/C19H12N2O4/c22-15-8-2-6-13-18(15)17(11-4-1-5-12(10-11)21(24)25)19-14(20-13)7-3-9-16(19)23/h1-10,22-23H. The average molecular weight is 332 g/mol. The monoisotopic (exact) mass is 332 g/mol. The van der Waals surface area contributed by atoms with Gasteiger partial charge in [-0.15, -0.1) is 0 Å². The number of nitro groups is 1. The van der Waals surface area contributed by atoms with E-state index in [1.807, 2.05) is 0 Å². The van der Waals surface area contributed by atoms with Crippen molar-refractivity contribution >= 4 is 27.5 Å². The summed E-state index contributed by atoms with van der Waals surface area (Å²) < 4.78 is 0. The zero-order valence-corrected chi connectivity index (χ0v) is 12.9. The molecule has 0 aliphatic heterocycles. The average Bonchev–Trinajstić information content (AvgIpc) is 2.60. The highest BCUT2D eigenvalue weighted by atomic mass is 16.6. The molecule has 2 N–H and O–H groups in total. The third-order valence-corrected chi connectivity index (χ3v) is 4.13. The fourth-order valence-electron chi connectivity index (χ4n) is 3.07. The van der Waals surface area contributed by atoms with Crippen LogP contribution in [0.5, 0.6) is 11.5 Å². The number of fused-ring (bicyclic) bond motifs is 2. The van der Waals surface area contributed by atoms with E-state index in [0.717, 1.165) is 0 Å². The zero-order chi connectivity index (χ0) is 17.6. The van der Waals surface area contributed by atoms with E-state index in [-0.39, 0.29) is 17.2 Å². The molecule has 0 spiro atoms. The molecular formula is C19H12N2O4. The van der Waals surface area contributed by atoms with Crippen molar-refractivity contribution in [1.82, 2.24) is 4.98 Å². The van der Waals surface area contributed by atoms with Crippen LogP contribution >= 0.6 is 0 Å². The van der Waals surface area contributed by atoms with Crippen molar-refractivity contribution in [3.8, 4) is 22.6 Å². The van der Waals surface area contributed by atoms with E-state index >= 15 is 0 Å². The van der Waals surface area contributed by atoms with Gasteiger partial charge in [0.1, 0.15) is 11.5 Å². The molecule has 0 bridgehead atoms. The van der Waals surface area contributed by atoms with Gasteiger partial charge in [0.05, 0.1) is 26.7 Å². The van der Waals surface area contributed by atoms with Crippen LogP contribution in [0.1, 0.15) is 0 Å². The lowest BCUT2D eigenvalue weighted by atomic mass is 9.95. The van der Waals surface area contributed by atoms with E-state index in [4.69, 9.17) is 0 Å². The Morgan fingerprint density at radius 3 is 1.96 bits per heavy atom. The molecule has 0 saturated carbocycles. The van der Waals surface area contributed by atoms with Gasteiger partial charge in [-0.25, -0.2) is 4.98 Å². The molecular weight excluding hydrogens is 320 g/mol. The van der Waals surface area contributed by atoms with Crippen molar-refractivity contribution in [3.05, 3.63) is 70.8 Å². The van der Waals surface area contributed by atoms with Crippen molar-refractivity contribution < 1.29 is 15.1 Å². The van der Waals surface area contributed by atoms with Crippen LogP contribution in [0, 0.1) is 10.1 Å². The number of hydrogen-bond acceptors (Lipinski definition) is 5. The van der Waals surface area contributed by atoms with Gasteiger partial charge in [-0.3, -0.25) is 10.1 Å². The minimum absolute atomic E-state index is 0.00309. The van der Waals surface area contributed by atoms with Crippen LogP contribution in [0.15, 0.2) is 60.7 Å². The minimum atomic E-state index is -0.477. The maximum absolute atomic E-state index is 11.1. The topological polar surface area (TPSA) is 96.5 Å². The van der Waals surface area contributed by atoms with Crippen LogP contribution in [0.4, 0.5) is 5.69 Å². The molecule has 4 aromatic rings. The highest BCUT2D eigenvalue weighted by Gasteiger charge is 2.18. The van der Waals surface area contributed by atoms with Crippen LogP contribution in [0.25, 0.3) is 32.9 Å². The van der Waals surface area contributed by atoms with Gasteiger partial charge < -0.3 is 10.2 Å². The van der Waals surface area contributed by atoms with E-state index in [1.165, 1.54) is 24.3 Å². The predicted octanol–water partition coefficient (Wildman–Crippen LogP) is 4.37. The Labute approximate surface area is 141 Å². The molecule has 0 unspecified atom stereocenters. The molecule has 0 atom stereocenters. The first kappa shape index (κ1) is 14.9. The number of nitrogens with zero attached hydrogens (tertiary/aromatic N) is 2. The third kappa shape index (κ3) is 2.31. The molecule has 0 fully saturated rings. The Balaban J connectivity index is 2.23. The lowest BCUT2D eigenvalue weighted by Gasteiger charge is -2.13. The lowest BCUT2D eigenvalue weighted by Crippen LogP contribution is -1.92. The second kappa shape index (κ2) is 5.45. The smallest absolute Gasteiger partial charge is 0.270 e. The van der Waals surface area contributed by atoms with Gasteiger partial charge in [0.15, 0.2) is 0 Å². The van der Waals surface area contributed by atoms with E-state index in [2.05, 4.69) is 4.98 Å². The Morgan fingerprint density at radius 2 is 1.40 bits per heavy atom. The summed E-state index contributed by atoms with van der Waals surface area (Å²) in [5.74, 6) is -0.00619. The fourth-order valence-corrected chi connectivity index (χ4v) is 3.07. The number of aromatic nitrogens is 1. The number of phenolic OH excluding ortho intramolecular Hbond substituents is 2. The van der Waals surface area contributed by atoms with E-state index in [1.54, 1.807) is 36.4 Å². The number of hydrogen-bond donors (Lipinski definition) is 2. The van der Waals surface area contributed by atoms with Crippen LogP contribution in [0.2, 0.25) is 0 Å². The molecule has 4 rings (SSSR count). The molecule has 3 aromatic carbocycles. The molecule has 6 heteroatoms. The molecule has 6 nitrogen and oxygen atoms in total. The first-order valence-electron chi connectivity index (χ1n) is 7.54. The summed E-state index contributed by atoms with van der Waals surface area (Å²) in [5.41, 5.74) is 2.05. The zero-order valence-electron chi connectivity index (χ0n) is 12.9. The number of non-ortho nitro benzene ring substituents is 1. The van der Waals surface area contributed by atoms with Crippen molar-refractivity contribution in [2.24, 2.45) is 0 Å². The summed E-state index contributed by atoms with van der Waals surface area (Å²) in [6, 6.07) is 16.0. The highest BCUT2D eigenvalue weighted by molar-refractivity contribution is 6.13. The van der Waals surface area contributed by atoms with E-state index in [9.17, 15) is 20.3 Å². The molecule has 122 valence electrons. The number of benzene rings is 3. The summed E-state index contributed by atoms with van der Waals surface area (Å²) in [4.78, 5) is 15.2. The maximum atomic E-state index is 11.1. The molecule has 0 aliphatic carbocycles. The molecule has 0 aliphatic rings. The molecule has 1 aromatic heterocycles. The quantitative estimate of drug-likeness (QED) is 0.323. The highest BCUT2D eigenvalue weighted by Crippen LogP contribution is 2.42. The summed E-state index contributed by atoms with van der Waals surface area (Å²) in [6.45, 7) is 0. The molecule has 0 saturated heterocycles. The number of nitro benzene ring substituents is 1.